The van der Waals surface area contributed by atoms with E-state index in [1.807, 2.05) is 79.7 Å². The number of hydrogen-bond donors (Lipinski definition) is 1. The molecule has 5 heteroatoms. The minimum Gasteiger partial charge on any atom is -0.436 e. The summed E-state index contributed by atoms with van der Waals surface area (Å²) in [6, 6.07) is 24.9. The van der Waals surface area contributed by atoms with Crippen LogP contribution in [0, 0.1) is 0 Å². The molecule has 4 aromatic rings. The summed E-state index contributed by atoms with van der Waals surface area (Å²) in [5.41, 5.74) is 3.16. The van der Waals surface area contributed by atoms with Crippen LogP contribution in [-0.2, 0) is 0 Å². The molecule has 4 nitrogen and oxygen atoms in total. The normalized spacial score (nSPS) is 11.8. The molecule has 0 aliphatic carbocycles. The number of aromatic nitrogens is 1. The highest BCUT2D eigenvalue weighted by molar-refractivity contribution is 9.10. The van der Waals surface area contributed by atoms with Gasteiger partial charge in [-0.1, -0.05) is 70.5 Å². The molecule has 0 aliphatic rings. The van der Waals surface area contributed by atoms with Gasteiger partial charge in [-0.25, -0.2) is 4.98 Å². The second-order valence-corrected chi connectivity index (χ2v) is 7.60. The average molecular weight is 447 g/mol. The van der Waals surface area contributed by atoms with E-state index in [9.17, 15) is 4.79 Å². The lowest BCUT2D eigenvalue weighted by atomic mass is 10.0. The zero-order valence-electron chi connectivity index (χ0n) is 15.8. The predicted octanol–water partition coefficient (Wildman–Crippen LogP) is 6.26. The van der Waals surface area contributed by atoms with Crippen LogP contribution in [0.3, 0.4) is 0 Å². The number of nitrogens with zero attached hydrogens (tertiary/aromatic N) is 1. The summed E-state index contributed by atoms with van der Waals surface area (Å²) < 4.78 is 6.97. The smallest absolute Gasteiger partial charge is 0.252 e. The van der Waals surface area contributed by atoms with Crippen molar-refractivity contribution >= 4 is 21.8 Å². The monoisotopic (exact) mass is 446 g/mol. The Labute approximate surface area is 177 Å². The third-order valence-corrected chi connectivity index (χ3v) is 5.21. The number of rotatable bonds is 5. The third-order valence-electron chi connectivity index (χ3n) is 4.68. The fraction of sp³-hybridized carbons (Fsp3) is 0.0833. The minimum atomic E-state index is -0.166. The van der Waals surface area contributed by atoms with Gasteiger partial charge < -0.3 is 9.73 Å². The van der Waals surface area contributed by atoms with Gasteiger partial charge in [0.1, 0.15) is 0 Å². The Morgan fingerprint density at radius 3 is 2.41 bits per heavy atom. The molecule has 1 N–H and O–H groups in total. The number of hydrogen-bond acceptors (Lipinski definition) is 3. The summed E-state index contributed by atoms with van der Waals surface area (Å²) >= 11 is 3.43. The van der Waals surface area contributed by atoms with Crippen molar-refractivity contribution in [1.29, 1.82) is 0 Å². The SMILES string of the molecule is CC(NC(=O)c1ccccc1-c1ncc(-c2ccc(Br)cc2)o1)c1ccccc1. The Kier molecular flexibility index (Phi) is 5.58. The van der Waals surface area contributed by atoms with Gasteiger partial charge >= 0.3 is 0 Å². The van der Waals surface area contributed by atoms with Crippen LogP contribution in [0.4, 0.5) is 0 Å². The highest BCUT2D eigenvalue weighted by Crippen LogP contribution is 2.29. The van der Waals surface area contributed by atoms with Gasteiger partial charge in [-0.05, 0) is 36.8 Å². The van der Waals surface area contributed by atoms with Crippen molar-refractivity contribution in [2.45, 2.75) is 13.0 Å². The molecule has 1 aromatic heterocycles. The second kappa shape index (κ2) is 8.45. The summed E-state index contributed by atoms with van der Waals surface area (Å²) in [6.45, 7) is 1.96. The van der Waals surface area contributed by atoms with Gasteiger partial charge in [-0.2, -0.15) is 0 Å². The molecule has 0 saturated heterocycles. The quantitative estimate of drug-likeness (QED) is 0.393. The van der Waals surface area contributed by atoms with Crippen molar-refractivity contribution in [1.82, 2.24) is 10.3 Å². The van der Waals surface area contributed by atoms with Gasteiger partial charge in [0.25, 0.3) is 5.91 Å². The highest BCUT2D eigenvalue weighted by atomic mass is 79.9. The van der Waals surface area contributed by atoms with Crippen molar-refractivity contribution in [2.24, 2.45) is 0 Å². The first-order chi connectivity index (χ1) is 14.1. The summed E-state index contributed by atoms with van der Waals surface area (Å²) in [5.74, 6) is 0.904. The van der Waals surface area contributed by atoms with Crippen LogP contribution in [-0.4, -0.2) is 10.9 Å². The fourth-order valence-corrected chi connectivity index (χ4v) is 3.38. The molecule has 3 aromatic carbocycles. The Hall–Kier alpha value is -3.18. The van der Waals surface area contributed by atoms with E-state index >= 15 is 0 Å². The standard InChI is InChI=1S/C24H19BrN2O2/c1-16(17-7-3-2-4-8-17)27-23(28)20-9-5-6-10-21(20)24-26-15-22(29-24)18-11-13-19(25)14-12-18/h2-16H,1H3,(H,27,28). The molecule has 0 saturated carbocycles. The molecule has 1 heterocycles. The fourth-order valence-electron chi connectivity index (χ4n) is 3.11. The molecular formula is C24H19BrN2O2. The molecule has 144 valence electrons. The van der Waals surface area contributed by atoms with Crippen LogP contribution in [0.15, 0.2) is 93.9 Å². The number of nitrogens with one attached hydrogen (secondary N) is 1. The van der Waals surface area contributed by atoms with E-state index in [0.717, 1.165) is 15.6 Å². The van der Waals surface area contributed by atoms with Crippen molar-refractivity contribution in [2.75, 3.05) is 0 Å². The second-order valence-electron chi connectivity index (χ2n) is 6.69. The minimum absolute atomic E-state index is 0.111. The lowest BCUT2D eigenvalue weighted by Gasteiger charge is -2.15. The summed E-state index contributed by atoms with van der Waals surface area (Å²) in [6.07, 6.45) is 1.68. The van der Waals surface area contributed by atoms with E-state index < -0.39 is 0 Å². The van der Waals surface area contributed by atoms with E-state index in [0.29, 0.717) is 22.8 Å². The molecule has 1 atom stereocenters. The predicted molar refractivity (Wildman–Crippen MR) is 117 cm³/mol. The first-order valence-corrected chi connectivity index (χ1v) is 10.1. The van der Waals surface area contributed by atoms with Crippen LogP contribution >= 0.6 is 15.9 Å². The molecule has 4 rings (SSSR count). The maximum atomic E-state index is 13.0. The highest BCUT2D eigenvalue weighted by Gasteiger charge is 2.18. The zero-order valence-corrected chi connectivity index (χ0v) is 17.4. The molecule has 1 amide bonds. The van der Waals surface area contributed by atoms with Crippen LogP contribution < -0.4 is 5.32 Å². The maximum Gasteiger partial charge on any atom is 0.252 e. The van der Waals surface area contributed by atoms with Gasteiger partial charge in [0, 0.05) is 15.6 Å². The molecular weight excluding hydrogens is 428 g/mol. The van der Waals surface area contributed by atoms with E-state index in [2.05, 4.69) is 26.2 Å². The van der Waals surface area contributed by atoms with Crippen molar-refractivity contribution < 1.29 is 9.21 Å². The van der Waals surface area contributed by atoms with Crippen molar-refractivity contribution in [3.8, 4) is 22.8 Å². The lowest BCUT2D eigenvalue weighted by molar-refractivity contribution is 0.0940. The van der Waals surface area contributed by atoms with E-state index in [1.54, 1.807) is 12.3 Å². The lowest BCUT2D eigenvalue weighted by Crippen LogP contribution is -2.27. The molecule has 0 spiro atoms. The van der Waals surface area contributed by atoms with E-state index in [1.165, 1.54) is 0 Å². The first-order valence-electron chi connectivity index (χ1n) is 9.29. The summed E-state index contributed by atoms with van der Waals surface area (Å²) in [4.78, 5) is 17.4. The molecule has 0 fully saturated rings. The summed E-state index contributed by atoms with van der Waals surface area (Å²) in [5, 5.41) is 3.05. The first kappa shape index (κ1) is 19.2. The number of carbonyl (C=O) groups is 1. The van der Waals surface area contributed by atoms with Gasteiger partial charge in [-0.15, -0.1) is 0 Å². The van der Waals surface area contributed by atoms with Crippen molar-refractivity contribution in [3.05, 3.63) is 101 Å². The number of carbonyl (C=O) groups excluding carboxylic acids is 1. The average Bonchev–Trinajstić information content (AvgIpc) is 3.25. The zero-order chi connectivity index (χ0) is 20.2. The molecule has 0 bridgehead atoms. The number of halogens is 1. The largest absolute Gasteiger partial charge is 0.436 e. The Balaban J connectivity index is 1.60. The molecule has 29 heavy (non-hydrogen) atoms. The van der Waals surface area contributed by atoms with Crippen molar-refractivity contribution in [3.63, 3.8) is 0 Å². The van der Waals surface area contributed by atoms with Gasteiger partial charge in [-0.3, -0.25) is 4.79 Å². The maximum absolute atomic E-state index is 13.0. The number of oxazole rings is 1. The number of benzene rings is 3. The number of amides is 1. The molecule has 1 unspecified atom stereocenters. The topological polar surface area (TPSA) is 55.1 Å². The third kappa shape index (κ3) is 4.30. The van der Waals surface area contributed by atoms with Crippen LogP contribution in [0.5, 0.6) is 0 Å². The van der Waals surface area contributed by atoms with Crippen LogP contribution in [0.2, 0.25) is 0 Å². The molecule has 0 radical (unpaired) electrons. The van der Waals surface area contributed by atoms with Gasteiger partial charge in [0.05, 0.1) is 17.8 Å². The Morgan fingerprint density at radius 2 is 1.66 bits per heavy atom. The summed E-state index contributed by atoms with van der Waals surface area (Å²) in [7, 11) is 0. The van der Waals surface area contributed by atoms with E-state index in [-0.39, 0.29) is 11.9 Å². The Morgan fingerprint density at radius 1 is 0.966 bits per heavy atom. The Bertz CT molecular complexity index is 1120. The molecule has 0 aliphatic heterocycles. The van der Waals surface area contributed by atoms with E-state index in [4.69, 9.17) is 4.42 Å². The van der Waals surface area contributed by atoms with Crippen LogP contribution in [0.25, 0.3) is 22.8 Å². The van der Waals surface area contributed by atoms with Gasteiger partial charge in [0.15, 0.2) is 5.76 Å². The van der Waals surface area contributed by atoms with Gasteiger partial charge in [0.2, 0.25) is 5.89 Å². The van der Waals surface area contributed by atoms with Crippen LogP contribution in [0.1, 0.15) is 28.9 Å².